The van der Waals surface area contributed by atoms with Crippen molar-refractivity contribution in [3.63, 3.8) is 0 Å². The minimum atomic E-state index is 0.343. The lowest BCUT2D eigenvalue weighted by molar-refractivity contribution is 0.415. The number of hydrogen-bond acceptors (Lipinski definition) is 3. The van der Waals surface area contributed by atoms with Gasteiger partial charge >= 0.3 is 0 Å². The van der Waals surface area contributed by atoms with E-state index in [9.17, 15) is 0 Å². The number of hydrogen-bond donors (Lipinski definition) is 1. The van der Waals surface area contributed by atoms with Crippen molar-refractivity contribution in [2.45, 2.75) is 38.6 Å². The third-order valence-electron chi connectivity index (χ3n) is 3.83. The number of anilines is 1. The van der Waals surface area contributed by atoms with Crippen LogP contribution < -0.4 is 10.5 Å². The van der Waals surface area contributed by atoms with Crippen LogP contribution in [0.2, 0.25) is 5.02 Å². The molecule has 1 aliphatic rings. The second kappa shape index (κ2) is 5.26. The van der Waals surface area contributed by atoms with Crippen molar-refractivity contribution in [2.75, 3.05) is 12.8 Å². The average Bonchev–Trinajstić information content (AvgIpc) is 3.22. The quantitative estimate of drug-likeness (QED) is 0.918. The summed E-state index contributed by atoms with van der Waals surface area (Å²) in [4.78, 5) is 4.78. The van der Waals surface area contributed by atoms with Crippen molar-refractivity contribution >= 4 is 17.4 Å². The zero-order valence-corrected chi connectivity index (χ0v) is 13.3. The van der Waals surface area contributed by atoms with Crippen LogP contribution in [0.5, 0.6) is 5.75 Å². The van der Waals surface area contributed by atoms with Crippen molar-refractivity contribution in [3.8, 4) is 17.0 Å². The Hall–Kier alpha value is -1.68. The minimum absolute atomic E-state index is 0.343. The van der Waals surface area contributed by atoms with Crippen LogP contribution in [-0.2, 0) is 0 Å². The first-order chi connectivity index (χ1) is 10.0. The maximum Gasteiger partial charge on any atom is 0.137 e. The third kappa shape index (κ3) is 2.48. The molecule has 5 heteroatoms. The molecule has 2 N–H and O–H groups in total. The van der Waals surface area contributed by atoms with Gasteiger partial charge in [0.2, 0.25) is 0 Å². The second-order valence-corrected chi connectivity index (χ2v) is 6.22. The molecule has 1 heterocycles. The first-order valence-electron chi connectivity index (χ1n) is 7.24. The van der Waals surface area contributed by atoms with Crippen molar-refractivity contribution < 1.29 is 4.74 Å². The molecule has 0 spiro atoms. The molecule has 0 aliphatic heterocycles. The van der Waals surface area contributed by atoms with Crippen molar-refractivity contribution in [1.29, 1.82) is 0 Å². The van der Waals surface area contributed by atoms with Gasteiger partial charge in [0.25, 0.3) is 0 Å². The second-order valence-electron chi connectivity index (χ2n) is 5.81. The average molecular weight is 306 g/mol. The lowest BCUT2D eigenvalue weighted by atomic mass is 10.1. The van der Waals surface area contributed by atoms with Gasteiger partial charge in [0.1, 0.15) is 23.1 Å². The Bertz CT molecular complexity index is 674. The smallest absolute Gasteiger partial charge is 0.137 e. The Kier molecular flexibility index (Phi) is 3.57. The topological polar surface area (TPSA) is 53.1 Å². The number of methoxy groups -OCH3 is 1. The highest BCUT2D eigenvalue weighted by Gasteiger charge is 2.31. The van der Waals surface area contributed by atoms with Crippen LogP contribution in [0.4, 0.5) is 5.82 Å². The molecule has 0 radical (unpaired) electrons. The largest absolute Gasteiger partial charge is 0.495 e. The highest BCUT2D eigenvalue weighted by Crippen LogP contribution is 2.43. The van der Waals surface area contributed by atoms with Gasteiger partial charge in [0.05, 0.1) is 12.1 Å². The van der Waals surface area contributed by atoms with E-state index < -0.39 is 0 Å². The molecule has 0 amide bonds. The number of nitrogens with zero attached hydrogens (tertiary/aromatic N) is 2. The van der Waals surface area contributed by atoms with Gasteiger partial charge in [-0.2, -0.15) is 0 Å². The third-order valence-corrected chi connectivity index (χ3v) is 4.12. The molecule has 1 fully saturated rings. The van der Waals surface area contributed by atoms with E-state index in [1.54, 1.807) is 7.11 Å². The van der Waals surface area contributed by atoms with E-state index in [0.29, 0.717) is 22.7 Å². The Morgan fingerprint density at radius 1 is 1.38 bits per heavy atom. The van der Waals surface area contributed by atoms with Gasteiger partial charge < -0.3 is 15.0 Å². The summed E-state index contributed by atoms with van der Waals surface area (Å²) in [6.45, 7) is 4.29. The lowest BCUT2D eigenvalue weighted by Gasteiger charge is -2.10. The predicted molar refractivity (Wildman–Crippen MR) is 86.0 cm³/mol. The Labute approximate surface area is 129 Å². The summed E-state index contributed by atoms with van der Waals surface area (Å²) in [6.07, 6.45) is 2.37. The molecule has 0 unspecified atom stereocenters. The van der Waals surface area contributed by atoms with E-state index >= 15 is 0 Å². The van der Waals surface area contributed by atoms with Crippen molar-refractivity contribution in [2.24, 2.45) is 0 Å². The fourth-order valence-corrected chi connectivity index (χ4v) is 2.87. The van der Waals surface area contributed by atoms with Crippen LogP contribution in [0.1, 0.15) is 44.5 Å². The molecule has 0 saturated heterocycles. The highest BCUT2D eigenvalue weighted by molar-refractivity contribution is 6.32. The number of imidazole rings is 1. The number of nitrogens with two attached hydrogens (primary N) is 1. The van der Waals surface area contributed by atoms with Gasteiger partial charge in [-0.25, -0.2) is 4.98 Å². The number of rotatable bonds is 4. The molecule has 0 atom stereocenters. The van der Waals surface area contributed by atoms with Gasteiger partial charge in [-0.05, 0) is 31.0 Å². The first-order valence-corrected chi connectivity index (χ1v) is 7.62. The first kappa shape index (κ1) is 14.3. The molecule has 1 aliphatic carbocycles. The summed E-state index contributed by atoms with van der Waals surface area (Å²) in [5, 5.41) is 0.571. The molecular formula is C16H20ClN3O. The summed E-state index contributed by atoms with van der Waals surface area (Å²) in [5.74, 6) is 2.79. The van der Waals surface area contributed by atoms with Crippen molar-refractivity contribution in [3.05, 3.63) is 29.0 Å². The van der Waals surface area contributed by atoms with Crippen LogP contribution in [-0.4, -0.2) is 16.7 Å². The zero-order chi connectivity index (χ0) is 15.1. The van der Waals surface area contributed by atoms with E-state index in [-0.39, 0.29) is 0 Å². The normalized spacial score (nSPS) is 14.7. The van der Waals surface area contributed by atoms with E-state index in [1.165, 1.54) is 12.8 Å². The molecule has 4 nitrogen and oxygen atoms in total. The summed E-state index contributed by atoms with van der Waals surface area (Å²) < 4.78 is 7.39. The van der Waals surface area contributed by atoms with Crippen LogP contribution in [0.25, 0.3) is 11.3 Å². The van der Waals surface area contributed by atoms with Crippen LogP contribution in [0, 0.1) is 0 Å². The van der Waals surface area contributed by atoms with E-state index in [4.69, 9.17) is 27.1 Å². The molecule has 112 valence electrons. The Balaban J connectivity index is 2.10. The minimum Gasteiger partial charge on any atom is -0.495 e. The number of aromatic nitrogens is 2. The molecular weight excluding hydrogens is 286 g/mol. The standard InChI is InChI=1S/C16H20ClN3O/c1-9(2)16-19-14(15(18)20(16)11-5-6-11)10-4-7-13(21-3)12(17)8-10/h4,7-9,11H,5-6,18H2,1-3H3. The van der Waals surface area contributed by atoms with Gasteiger partial charge in [-0.1, -0.05) is 25.4 Å². The maximum absolute atomic E-state index is 6.36. The van der Waals surface area contributed by atoms with Gasteiger partial charge in [-0.15, -0.1) is 0 Å². The van der Waals surface area contributed by atoms with E-state index in [1.807, 2.05) is 18.2 Å². The monoisotopic (exact) mass is 305 g/mol. The summed E-state index contributed by atoms with van der Waals surface area (Å²) in [7, 11) is 1.61. The maximum atomic E-state index is 6.36. The summed E-state index contributed by atoms with van der Waals surface area (Å²) >= 11 is 6.22. The van der Waals surface area contributed by atoms with E-state index in [2.05, 4.69) is 18.4 Å². The molecule has 21 heavy (non-hydrogen) atoms. The zero-order valence-electron chi connectivity index (χ0n) is 12.6. The fraction of sp³-hybridized carbons (Fsp3) is 0.438. The molecule has 0 bridgehead atoms. The number of ether oxygens (including phenoxy) is 1. The molecule has 1 aromatic heterocycles. The van der Waals surface area contributed by atoms with Gasteiger partial charge in [-0.3, -0.25) is 0 Å². The van der Waals surface area contributed by atoms with E-state index in [0.717, 1.165) is 22.9 Å². The van der Waals surface area contributed by atoms with Crippen LogP contribution >= 0.6 is 11.6 Å². The number of benzene rings is 1. The summed E-state index contributed by atoms with van der Waals surface area (Å²) in [5.41, 5.74) is 8.11. The van der Waals surface area contributed by atoms with Gasteiger partial charge in [0.15, 0.2) is 0 Å². The fourth-order valence-electron chi connectivity index (χ4n) is 2.61. The Morgan fingerprint density at radius 3 is 2.62 bits per heavy atom. The summed E-state index contributed by atoms with van der Waals surface area (Å²) in [6, 6.07) is 6.17. The highest BCUT2D eigenvalue weighted by atomic mass is 35.5. The molecule has 3 rings (SSSR count). The van der Waals surface area contributed by atoms with Crippen molar-refractivity contribution in [1.82, 2.24) is 9.55 Å². The number of halogens is 1. The SMILES string of the molecule is COc1ccc(-c2nc(C(C)C)n(C3CC3)c2N)cc1Cl. The van der Waals surface area contributed by atoms with Crippen LogP contribution in [0.15, 0.2) is 18.2 Å². The molecule has 1 aromatic carbocycles. The van der Waals surface area contributed by atoms with Gasteiger partial charge in [0, 0.05) is 17.5 Å². The Morgan fingerprint density at radius 2 is 2.10 bits per heavy atom. The molecule has 1 saturated carbocycles. The van der Waals surface area contributed by atoms with Crippen LogP contribution in [0.3, 0.4) is 0 Å². The lowest BCUT2D eigenvalue weighted by Crippen LogP contribution is -2.06. The number of nitrogen functional groups attached to an aromatic ring is 1. The predicted octanol–water partition coefficient (Wildman–Crippen LogP) is 4.25. The molecule has 2 aromatic rings.